The van der Waals surface area contributed by atoms with Crippen molar-refractivity contribution in [1.82, 2.24) is 14.8 Å². The summed E-state index contributed by atoms with van der Waals surface area (Å²) in [6, 6.07) is 13.1. The fourth-order valence-electron chi connectivity index (χ4n) is 2.29. The molecule has 3 rings (SSSR count). The topological polar surface area (TPSA) is 52.1 Å². The molecular formula is C17H15BrClN3O2S. The molecule has 1 heterocycles. The molecule has 0 spiro atoms. The summed E-state index contributed by atoms with van der Waals surface area (Å²) < 4.78 is 14.4. The van der Waals surface area contributed by atoms with Gasteiger partial charge in [0.15, 0.2) is 10.6 Å². The van der Waals surface area contributed by atoms with Crippen molar-refractivity contribution in [3.05, 3.63) is 68.1 Å². The van der Waals surface area contributed by atoms with E-state index in [1.807, 2.05) is 34.9 Å². The van der Waals surface area contributed by atoms with Crippen LogP contribution in [0.4, 0.5) is 0 Å². The number of nitrogens with zero attached hydrogens (tertiary/aromatic N) is 2. The highest BCUT2D eigenvalue weighted by atomic mass is 79.9. The molecule has 0 aliphatic rings. The molecule has 130 valence electrons. The molecule has 0 atom stereocenters. The van der Waals surface area contributed by atoms with Crippen LogP contribution in [0.3, 0.4) is 0 Å². The van der Waals surface area contributed by atoms with Gasteiger partial charge in [0.05, 0.1) is 18.1 Å². The summed E-state index contributed by atoms with van der Waals surface area (Å²) in [6.45, 7) is 0.878. The van der Waals surface area contributed by atoms with Crippen LogP contribution < -0.4 is 9.47 Å². The molecule has 0 radical (unpaired) electrons. The Kier molecular flexibility index (Phi) is 5.78. The van der Waals surface area contributed by atoms with Crippen LogP contribution in [0.25, 0.3) is 0 Å². The smallest absolute Gasteiger partial charge is 0.195 e. The molecule has 1 N–H and O–H groups in total. The third-order valence-electron chi connectivity index (χ3n) is 3.58. The second kappa shape index (κ2) is 8.03. The fraction of sp³-hybridized carbons (Fsp3) is 0.176. The summed E-state index contributed by atoms with van der Waals surface area (Å²) in [5.74, 6) is 2.22. The van der Waals surface area contributed by atoms with Crippen LogP contribution in [0, 0.1) is 4.77 Å². The number of aromatic nitrogens is 3. The number of benzene rings is 2. The Morgan fingerprint density at radius 2 is 2.00 bits per heavy atom. The zero-order chi connectivity index (χ0) is 17.8. The SMILES string of the molecule is COc1ccc(Cn2c(COc3ccc(Cl)cc3)n[nH]c2=S)cc1Br. The normalized spacial score (nSPS) is 10.7. The van der Waals surface area contributed by atoms with Gasteiger partial charge in [0.25, 0.3) is 0 Å². The Hall–Kier alpha value is -1.83. The van der Waals surface area contributed by atoms with Crippen LogP contribution in [0.5, 0.6) is 11.5 Å². The predicted molar refractivity (Wildman–Crippen MR) is 103 cm³/mol. The summed E-state index contributed by atoms with van der Waals surface area (Å²) in [5.41, 5.74) is 1.07. The lowest BCUT2D eigenvalue weighted by Crippen LogP contribution is -2.08. The largest absolute Gasteiger partial charge is 0.496 e. The van der Waals surface area contributed by atoms with Gasteiger partial charge in [0.1, 0.15) is 18.1 Å². The lowest BCUT2D eigenvalue weighted by Gasteiger charge is -2.10. The number of aromatic amines is 1. The Morgan fingerprint density at radius 3 is 2.68 bits per heavy atom. The first-order valence-electron chi connectivity index (χ1n) is 7.41. The molecule has 25 heavy (non-hydrogen) atoms. The predicted octanol–water partition coefficient (Wildman–Crippen LogP) is 4.99. The van der Waals surface area contributed by atoms with Crippen molar-refractivity contribution in [3.63, 3.8) is 0 Å². The molecule has 0 saturated heterocycles. The van der Waals surface area contributed by atoms with Crippen LogP contribution in [-0.2, 0) is 13.2 Å². The van der Waals surface area contributed by atoms with E-state index in [9.17, 15) is 0 Å². The van der Waals surface area contributed by atoms with E-state index in [0.29, 0.717) is 28.8 Å². The van der Waals surface area contributed by atoms with Gasteiger partial charge in [-0.05, 0) is 70.1 Å². The number of ether oxygens (including phenoxy) is 2. The van der Waals surface area contributed by atoms with E-state index in [-0.39, 0.29) is 0 Å². The van der Waals surface area contributed by atoms with Crippen LogP contribution in [0.2, 0.25) is 5.02 Å². The Morgan fingerprint density at radius 1 is 1.24 bits per heavy atom. The minimum absolute atomic E-state index is 0.298. The van der Waals surface area contributed by atoms with E-state index < -0.39 is 0 Å². The molecule has 3 aromatic rings. The van der Waals surface area contributed by atoms with Crippen LogP contribution in [0.15, 0.2) is 46.9 Å². The maximum Gasteiger partial charge on any atom is 0.195 e. The van der Waals surface area contributed by atoms with Gasteiger partial charge in [-0.2, -0.15) is 5.10 Å². The zero-order valence-electron chi connectivity index (χ0n) is 13.3. The third-order valence-corrected chi connectivity index (χ3v) is 4.76. The zero-order valence-corrected chi connectivity index (χ0v) is 16.5. The maximum atomic E-state index is 5.88. The quantitative estimate of drug-likeness (QED) is 0.549. The monoisotopic (exact) mass is 439 g/mol. The molecular weight excluding hydrogens is 426 g/mol. The average molecular weight is 441 g/mol. The van der Waals surface area contributed by atoms with E-state index in [4.69, 9.17) is 33.3 Å². The van der Waals surface area contributed by atoms with Crippen molar-refractivity contribution in [2.75, 3.05) is 7.11 Å². The van der Waals surface area contributed by atoms with Crippen LogP contribution in [-0.4, -0.2) is 21.9 Å². The standard InChI is InChI=1S/C17H15BrClN3O2S/c1-23-15-7-2-11(8-14(15)18)9-22-16(20-21-17(22)25)10-24-13-5-3-12(19)4-6-13/h2-8H,9-10H2,1H3,(H,21,25). The van der Waals surface area contributed by atoms with Gasteiger partial charge < -0.3 is 9.47 Å². The van der Waals surface area contributed by atoms with Crippen LogP contribution >= 0.6 is 39.7 Å². The van der Waals surface area contributed by atoms with Gasteiger partial charge in [-0.1, -0.05) is 17.7 Å². The van der Waals surface area contributed by atoms with E-state index in [1.54, 1.807) is 19.2 Å². The Labute approximate surface area is 163 Å². The Balaban J connectivity index is 1.76. The van der Waals surface area contributed by atoms with Crippen molar-refractivity contribution in [1.29, 1.82) is 0 Å². The summed E-state index contributed by atoms with van der Waals surface area (Å²) in [4.78, 5) is 0. The first-order chi connectivity index (χ1) is 12.1. The first-order valence-corrected chi connectivity index (χ1v) is 8.99. The number of rotatable bonds is 6. The molecule has 0 aliphatic heterocycles. The number of hydrogen-bond donors (Lipinski definition) is 1. The Bertz CT molecular complexity index is 924. The van der Waals surface area contributed by atoms with Crippen molar-refractivity contribution < 1.29 is 9.47 Å². The van der Waals surface area contributed by atoms with Crippen molar-refractivity contribution >= 4 is 39.7 Å². The van der Waals surface area contributed by atoms with E-state index in [0.717, 1.165) is 21.5 Å². The highest BCUT2D eigenvalue weighted by molar-refractivity contribution is 9.10. The minimum Gasteiger partial charge on any atom is -0.496 e. The number of nitrogens with one attached hydrogen (secondary N) is 1. The van der Waals surface area contributed by atoms with Gasteiger partial charge in [-0.3, -0.25) is 9.67 Å². The number of methoxy groups -OCH3 is 1. The van der Waals surface area contributed by atoms with Gasteiger partial charge in [0.2, 0.25) is 0 Å². The second-order valence-corrected chi connectivity index (χ2v) is 6.92. The first kappa shape index (κ1) is 18.0. The number of halogens is 2. The molecule has 1 aromatic heterocycles. The van der Waals surface area contributed by atoms with E-state index in [2.05, 4.69) is 26.1 Å². The van der Waals surface area contributed by atoms with Crippen molar-refractivity contribution in [2.24, 2.45) is 0 Å². The molecule has 5 nitrogen and oxygen atoms in total. The van der Waals surface area contributed by atoms with E-state index in [1.165, 1.54) is 0 Å². The molecule has 0 saturated carbocycles. The van der Waals surface area contributed by atoms with Crippen molar-refractivity contribution in [2.45, 2.75) is 13.2 Å². The fourth-order valence-corrected chi connectivity index (χ4v) is 3.22. The summed E-state index contributed by atoms with van der Waals surface area (Å²) in [6.07, 6.45) is 0. The average Bonchev–Trinajstić information content (AvgIpc) is 2.95. The van der Waals surface area contributed by atoms with Crippen LogP contribution in [0.1, 0.15) is 11.4 Å². The van der Waals surface area contributed by atoms with Crippen molar-refractivity contribution in [3.8, 4) is 11.5 Å². The maximum absolute atomic E-state index is 5.88. The van der Waals surface area contributed by atoms with Gasteiger partial charge >= 0.3 is 0 Å². The lowest BCUT2D eigenvalue weighted by molar-refractivity contribution is 0.290. The van der Waals surface area contributed by atoms with Gasteiger partial charge in [-0.15, -0.1) is 0 Å². The molecule has 8 heteroatoms. The number of H-pyrrole nitrogens is 1. The molecule has 0 aliphatic carbocycles. The van der Waals surface area contributed by atoms with E-state index >= 15 is 0 Å². The molecule has 0 amide bonds. The second-order valence-electron chi connectivity index (χ2n) is 5.24. The van der Waals surface area contributed by atoms with Gasteiger partial charge in [0, 0.05) is 5.02 Å². The summed E-state index contributed by atoms with van der Waals surface area (Å²) >= 11 is 14.7. The summed E-state index contributed by atoms with van der Waals surface area (Å²) in [7, 11) is 1.64. The third kappa shape index (κ3) is 4.42. The highest BCUT2D eigenvalue weighted by Gasteiger charge is 2.09. The number of hydrogen-bond acceptors (Lipinski definition) is 4. The molecule has 0 bridgehead atoms. The minimum atomic E-state index is 0.298. The van der Waals surface area contributed by atoms with Gasteiger partial charge in [-0.25, -0.2) is 0 Å². The molecule has 0 unspecified atom stereocenters. The molecule has 2 aromatic carbocycles. The highest BCUT2D eigenvalue weighted by Crippen LogP contribution is 2.26. The molecule has 0 fully saturated rings. The summed E-state index contributed by atoms with van der Waals surface area (Å²) in [5, 5.41) is 7.74. The lowest BCUT2D eigenvalue weighted by atomic mass is 10.2.